The van der Waals surface area contributed by atoms with Gasteiger partial charge in [0.05, 0.1) is 18.8 Å². The molecule has 0 aliphatic carbocycles. The van der Waals surface area contributed by atoms with Gasteiger partial charge in [-0.05, 0) is 26.2 Å². The van der Waals surface area contributed by atoms with Gasteiger partial charge in [0.25, 0.3) is 0 Å². The van der Waals surface area contributed by atoms with Gasteiger partial charge >= 0.3 is 0 Å². The third kappa shape index (κ3) is 2.79. The third-order valence-corrected chi connectivity index (χ3v) is 3.58. The van der Waals surface area contributed by atoms with Crippen molar-refractivity contribution in [2.24, 2.45) is 5.92 Å². The number of ketones is 1. The van der Waals surface area contributed by atoms with Crippen molar-refractivity contribution in [3.63, 3.8) is 0 Å². The number of Topliss-reactive ketones (excluding diaryl/α,β-unsaturated/α-hetero) is 1. The topological polar surface area (TPSA) is 29.5 Å². The molecule has 0 N–H and O–H groups in total. The van der Waals surface area contributed by atoms with E-state index < -0.39 is 0 Å². The van der Waals surface area contributed by atoms with Gasteiger partial charge in [0.15, 0.2) is 0 Å². The van der Waals surface area contributed by atoms with Gasteiger partial charge in [0.2, 0.25) is 0 Å². The third-order valence-electron chi connectivity index (χ3n) is 3.58. The van der Waals surface area contributed by atoms with E-state index in [1.54, 1.807) is 6.92 Å². The van der Waals surface area contributed by atoms with E-state index in [4.69, 9.17) is 4.74 Å². The molecule has 0 bridgehead atoms. The van der Waals surface area contributed by atoms with Crippen molar-refractivity contribution in [2.45, 2.75) is 39.7 Å². The molecule has 0 amide bonds. The van der Waals surface area contributed by atoms with Crippen molar-refractivity contribution < 1.29 is 9.53 Å². The minimum Gasteiger partial charge on any atom is -0.380 e. The number of nitrogens with zero attached hydrogens (tertiary/aromatic N) is 1. The number of ether oxygens (including phenoxy) is 1. The summed E-state index contributed by atoms with van der Waals surface area (Å²) in [5.74, 6) is 0.775. The number of carbonyl (C=O) groups is 1. The second kappa shape index (κ2) is 5.08. The quantitative estimate of drug-likeness (QED) is 0.715. The molecular weight excluding hydrogens is 190 g/mol. The van der Waals surface area contributed by atoms with E-state index in [1.165, 1.54) is 0 Å². The Morgan fingerprint density at radius 2 is 2.27 bits per heavy atom. The van der Waals surface area contributed by atoms with Gasteiger partial charge in [-0.3, -0.25) is 9.69 Å². The van der Waals surface area contributed by atoms with Gasteiger partial charge in [-0.2, -0.15) is 0 Å². The minimum absolute atomic E-state index is 0.263. The molecule has 2 unspecified atom stereocenters. The van der Waals surface area contributed by atoms with Gasteiger partial charge in [0.1, 0.15) is 5.78 Å². The average molecular weight is 213 g/mol. The second-order valence-electron chi connectivity index (χ2n) is 4.81. The lowest BCUT2D eigenvalue weighted by Crippen LogP contribution is -2.52. The maximum Gasteiger partial charge on any atom is 0.149 e. The normalized spacial score (nSPS) is 28.1. The van der Waals surface area contributed by atoms with Crippen molar-refractivity contribution in [3.8, 4) is 0 Å². The Labute approximate surface area is 92.8 Å². The van der Waals surface area contributed by atoms with Crippen LogP contribution < -0.4 is 0 Å². The van der Waals surface area contributed by atoms with Crippen molar-refractivity contribution in [1.82, 2.24) is 4.90 Å². The Morgan fingerprint density at radius 1 is 1.60 bits per heavy atom. The molecule has 15 heavy (non-hydrogen) atoms. The summed E-state index contributed by atoms with van der Waals surface area (Å²) in [4.78, 5) is 14.0. The maximum atomic E-state index is 11.7. The van der Waals surface area contributed by atoms with Crippen LogP contribution >= 0.6 is 0 Å². The highest BCUT2D eigenvalue weighted by Gasteiger charge is 2.36. The molecular formula is C12H23NO2. The zero-order chi connectivity index (χ0) is 11.5. The molecule has 88 valence electrons. The predicted octanol–water partition coefficient (Wildman–Crippen LogP) is 1.71. The van der Waals surface area contributed by atoms with Crippen LogP contribution in [0.3, 0.4) is 0 Å². The Kier molecular flexibility index (Phi) is 4.29. The van der Waals surface area contributed by atoms with Crippen LogP contribution in [0.25, 0.3) is 0 Å². The highest BCUT2D eigenvalue weighted by Crippen LogP contribution is 2.23. The highest BCUT2D eigenvalue weighted by molar-refractivity contribution is 5.85. The number of rotatable bonds is 3. The van der Waals surface area contributed by atoms with Gasteiger partial charge in [0, 0.05) is 13.1 Å². The first-order valence-electron chi connectivity index (χ1n) is 5.84. The lowest BCUT2D eigenvalue weighted by Gasteiger charge is -2.38. The largest absolute Gasteiger partial charge is 0.380 e. The summed E-state index contributed by atoms with van der Waals surface area (Å²) >= 11 is 0. The molecule has 3 nitrogen and oxygen atoms in total. The number of hydrogen-bond acceptors (Lipinski definition) is 3. The SMILES string of the molecule is CCC(C)(C(C)=O)N1CCOCC(C)C1. The fourth-order valence-corrected chi connectivity index (χ4v) is 2.12. The van der Waals surface area contributed by atoms with Crippen LogP contribution in [-0.2, 0) is 9.53 Å². The maximum absolute atomic E-state index is 11.7. The molecule has 1 saturated heterocycles. The Morgan fingerprint density at radius 3 is 2.80 bits per heavy atom. The lowest BCUT2D eigenvalue weighted by atomic mass is 9.91. The van der Waals surface area contributed by atoms with Crippen molar-refractivity contribution in [3.05, 3.63) is 0 Å². The van der Waals surface area contributed by atoms with Gasteiger partial charge in [-0.15, -0.1) is 0 Å². The van der Waals surface area contributed by atoms with Crippen LogP contribution in [0.1, 0.15) is 34.1 Å². The Balaban J connectivity index is 2.78. The minimum atomic E-state index is -0.304. The monoisotopic (exact) mass is 213 g/mol. The fraction of sp³-hybridized carbons (Fsp3) is 0.917. The predicted molar refractivity (Wildman–Crippen MR) is 60.9 cm³/mol. The molecule has 2 atom stereocenters. The fourth-order valence-electron chi connectivity index (χ4n) is 2.12. The van der Waals surface area contributed by atoms with E-state index >= 15 is 0 Å². The van der Waals surface area contributed by atoms with Crippen LogP contribution in [0.5, 0.6) is 0 Å². The molecule has 0 aromatic rings. The van der Waals surface area contributed by atoms with Gasteiger partial charge in [-0.25, -0.2) is 0 Å². The molecule has 1 aliphatic rings. The first kappa shape index (κ1) is 12.7. The molecule has 1 heterocycles. The summed E-state index contributed by atoms with van der Waals surface area (Å²) in [6.45, 7) is 11.4. The second-order valence-corrected chi connectivity index (χ2v) is 4.81. The Hall–Kier alpha value is -0.410. The summed E-state index contributed by atoms with van der Waals surface area (Å²) in [7, 11) is 0. The molecule has 1 rings (SSSR count). The van der Waals surface area contributed by atoms with E-state index in [0.29, 0.717) is 5.92 Å². The van der Waals surface area contributed by atoms with E-state index in [2.05, 4.69) is 18.7 Å². The molecule has 0 spiro atoms. The smallest absolute Gasteiger partial charge is 0.149 e. The summed E-state index contributed by atoms with van der Waals surface area (Å²) in [5, 5.41) is 0. The molecule has 0 aromatic carbocycles. The average Bonchev–Trinajstić information content (AvgIpc) is 2.41. The summed E-state index contributed by atoms with van der Waals surface area (Å²) < 4.78 is 5.50. The summed E-state index contributed by atoms with van der Waals surface area (Å²) in [5.41, 5.74) is -0.304. The van der Waals surface area contributed by atoms with Crippen LogP contribution in [0.15, 0.2) is 0 Å². The molecule has 0 radical (unpaired) electrons. The molecule has 3 heteroatoms. The van der Waals surface area contributed by atoms with E-state index in [-0.39, 0.29) is 11.3 Å². The van der Waals surface area contributed by atoms with Crippen molar-refractivity contribution in [2.75, 3.05) is 26.3 Å². The van der Waals surface area contributed by atoms with E-state index in [9.17, 15) is 4.79 Å². The molecule has 0 saturated carbocycles. The standard InChI is InChI=1S/C12H23NO2/c1-5-12(4,11(3)14)13-6-7-15-9-10(2)8-13/h10H,5-9H2,1-4H3. The first-order valence-corrected chi connectivity index (χ1v) is 5.84. The van der Waals surface area contributed by atoms with Crippen LogP contribution in [0.2, 0.25) is 0 Å². The van der Waals surface area contributed by atoms with Crippen molar-refractivity contribution >= 4 is 5.78 Å². The number of hydrogen-bond donors (Lipinski definition) is 0. The van der Waals surface area contributed by atoms with Crippen LogP contribution in [0.4, 0.5) is 0 Å². The van der Waals surface area contributed by atoms with Crippen molar-refractivity contribution in [1.29, 1.82) is 0 Å². The lowest BCUT2D eigenvalue weighted by molar-refractivity contribution is -0.128. The van der Waals surface area contributed by atoms with E-state index in [0.717, 1.165) is 32.7 Å². The summed E-state index contributed by atoms with van der Waals surface area (Å²) in [6.07, 6.45) is 0.870. The highest BCUT2D eigenvalue weighted by atomic mass is 16.5. The number of carbonyl (C=O) groups excluding carboxylic acids is 1. The van der Waals surface area contributed by atoms with Gasteiger partial charge < -0.3 is 4.74 Å². The molecule has 0 aromatic heterocycles. The molecule has 1 aliphatic heterocycles. The van der Waals surface area contributed by atoms with E-state index in [1.807, 2.05) is 6.92 Å². The van der Waals surface area contributed by atoms with Crippen LogP contribution in [-0.4, -0.2) is 42.5 Å². The first-order chi connectivity index (χ1) is 7.00. The zero-order valence-electron chi connectivity index (χ0n) is 10.4. The molecule has 1 fully saturated rings. The van der Waals surface area contributed by atoms with Crippen LogP contribution in [0, 0.1) is 5.92 Å². The Bertz CT molecular complexity index is 230. The zero-order valence-corrected chi connectivity index (χ0v) is 10.4. The van der Waals surface area contributed by atoms with Gasteiger partial charge in [-0.1, -0.05) is 13.8 Å². The summed E-state index contributed by atoms with van der Waals surface area (Å²) in [6, 6.07) is 0.